The van der Waals surface area contributed by atoms with Crippen molar-refractivity contribution >= 4 is 15.8 Å². The van der Waals surface area contributed by atoms with E-state index in [9.17, 15) is 12.8 Å². The minimum atomic E-state index is -3.64. The molecule has 0 spiro atoms. The third kappa shape index (κ3) is 3.18. The number of hydrogen-bond acceptors (Lipinski definition) is 4. The van der Waals surface area contributed by atoms with Crippen molar-refractivity contribution in [1.29, 1.82) is 0 Å². The number of hydrogen-bond donors (Lipinski definition) is 1. The van der Waals surface area contributed by atoms with Crippen molar-refractivity contribution in [1.82, 2.24) is 9.29 Å². The fourth-order valence-corrected chi connectivity index (χ4v) is 6.67. The van der Waals surface area contributed by atoms with Crippen LogP contribution in [0.2, 0.25) is 0 Å². The predicted molar refractivity (Wildman–Crippen MR) is 115 cm³/mol. The van der Waals surface area contributed by atoms with E-state index in [4.69, 9.17) is 5.73 Å². The molecule has 2 fully saturated rings. The first-order valence-electron chi connectivity index (χ1n) is 10.1. The first-order chi connectivity index (χ1) is 14.4. The lowest BCUT2D eigenvalue weighted by Crippen LogP contribution is -2.37. The number of piperidine rings is 1. The van der Waals surface area contributed by atoms with Crippen LogP contribution < -0.4 is 5.73 Å². The Labute approximate surface area is 175 Å². The van der Waals surface area contributed by atoms with Gasteiger partial charge in [0.25, 0.3) is 0 Å². The molecule has 2 aliphatic rings. The van der Waals surface area contributed by atoms with Crippen molar-refractivity contribution in [2.24, 2.45) is 5.92 Å². The van der Waals surface area contributed by atoms with Crippen LogP contribution in [0, 0.1) is 11.7 Å². The molecule has 1 aromatic heterocycles. The van der Waals surface area contributed by atoms with Crippen LogP contribution in [0.25, 0.3) is 22.3 Å². The number of fused-ring (bicyclic) bond motifs is 2. The molecule has 1 saturated heterocycles. The molecule has 7 heteroatoms. The molecule has 1 saturated carbocycles. The van der Waals surface area contributed by atoms with Gasteiger partial charge in [-0.1, -0.05) is 30.3 Å². The minimum Gasteiger partial charge on any atom is -0.384 e. The SMILES string of the molecule is Nc1ccc(-c2ccc(-c3ccccc3S(=O)(=O)N3C[C@H]4CC[C@@H]3C4)cc2F)cn1. The highest BCUT2D eigenvalue weighted by atomic mass is 32.2. The van der Waals surface area contributed by atoms with Gasteiger partial charge in [-0.2, -0.15) is 4.31 Å². The zero-order chi connectivity index (χ0) is 20.9. The van der Waals surface area contributed by atoms with Gasteiger partial charge >= 0.3 is 0 Å². The van der Waals surface area contributed by atoms with Gasteiger partial charge in [0.15, 0.2) is 0 Å². The number of aromatic nitrogens is 1. The highest BCUT2D eigenvalue weighted by molar-refractivity contribution is 7.89. The van der Waals surface area contributed by atoms with Crippen molar-refractivity contribution < 1.29 is 12.8 Å². The summed E-state index contributed by atoms with van der Waals surface area (Å²) < 4.78 is 43.5. The maximum Gasteiger partial charge on any atom is 0.243 e. The molecule has 30 heavy (non-hydrogen) atoms. The van der Waals surface area contributed by atoms with Gasteiger partial charge in [-0.3, -0.25) is 0 Å². The van der Waals surface area contributed by atoms with Gasteiger partial charge in [0.2, 0.25) is 10.0 Å². The topological polar surface area (TPSA) is 76.3 Å². The lowest BCUT2D eigenvalue weighted by atomic mass is 10.0. The second-order valence-corrected chi connectivity index (χ2v) is 9.93. The third-order valence-electron chi connectivity index (χ3n) is 6.21. The Morgan fingerprint density at radius 1 is 1.00 bits per heavy atom. The van der Waals surface area contributed by atoms with Gasteiger partial charge < -0.3 is 5.73 Å². The fourth-order valence-electron chi connectivity index (χ4n) is 4.71. The van der Waals surface area contributed by atoms with Crippen molar-refractivity contribution in [3.63, 3.8) is 0 Å². The number of pyridine rings is 1. The normalized spacial score (nSPS) is 21.2. The van der Waals surface area contributed by atoms with Crippen LogP contribution >= 0.6 is 0 Å². The van der Waals surface area contributed by atoms with Crippen molar-refractivity contribution in [2.75, 3.05) is 12.3 Å². The molecular formula is C23H22FN3O2S. The average molecular weight is 424 g/mol. The highest BCUT2D eigenvalue weighted by Crippen LogP contribution is 2.42. The molecule has 2 atom stereocenters. The Kier molecular flexibility index (Phi) is 4.60. The summed E-state index contributed by atoms with van der Waals surface area (Å²) in [6.45, 7) is 0.582. The molecule has 3 aromatic rings. The monoisotopic (exact) mass is 423 g/mol. The number of halogens is 1. The molecule has 2 aromatic carbocycles. The maximum atomic E-state index is 15.0. The van der Waals surface area contributed by atoms with Crippen LogP contribution in [0.3, 0.4) is 0 Å². The summed E-state index contributed by atoms with van der Waals surface area (Å²) >= 11 is 0. The van der Waals surface area contributed by atoms with Crippen LogP contribution in [0.5, 0.6) is 0 Å². The Morgan fingerprint density at radius 3 is 2.47 bits per heavy atom. The van der Waals surface area contributed by atoms with Crippen molar-refractivity contribution in [3.05, 3.63) is 66.6 Å². The number of rotatable bonds is 4. The summed E-state index contributed by atoms with van der Waals surface area (Å²) in [5.41, 5.74) is 7.66. The average Bonchev–Trinajstić information content (AvgIpc) is 3.39. The van der Waals surface area contributed by atoms with E-state index in [0.717, 1.165) is 19.3 Å². The summed E-state index contributed by atoms with van der Waals surface area (Å²) in [7, 11) is -3.64. The molecule has 0 unspecified atom stereocenters. The molecule has 2 N–H and O–H groups in total. The quantitative estimate of drug-likeness (QED) is 0.678. The second-order valence-electron chi connectivity index (χ2n) is 8.07. The molecular weight excluding hydrogens is 401 g/mol. The minimum absolute atomic E-state index is 0.0881. The molecule has 0 radical (unpaired) electrons. The van der Waals surface area contributed by atoms with Crippen LogP contribution in [-0.2, 0) is 10.0 Å². The number of anilines is 1. The van der Waals surface area contributed by atoms with Crippen LogP contribution in [0.15, 0.2) is 65.7 Å². The molecule has 154 valence electrons. The molecule has 1 aliphatic heterocycles. The fraction of sp³-hybridized carbons (Fsp3) is 0.261. The van der Waals surface area contributed by atoms with E-state index in [2.05, 4.69) is 4.98 Å². The third-order valence-corrected chi connectivity index (χ3v) is 8.19. The van der Waals surface area contributed by atoms with E-state index in [1.807, 2.05) is 0 Å². The lowest BCUT2D eigenvalue weighted by Gasteiger charge is -2.27. The van der Waals surface area contributed by atoms with Gasteiger partial charge in [0, 0.05) is 35.5 Å². The van der Waals surface area contributed by atoms with Gasteiger partial charge in [-0.05, 0) is 55.0 Å². The van der Waals surface area contributed by atoms with Crippen LogP contribution in [-0.4, -0.2) is 30.3 Å². The molecule has 1 aliphatic carbocycles. The number of sulfonamides is 1. The summed E-state index contributed by atoms with van der Waals surface area (Å²) in [4.78, 5) is 4.25. The van der Waals surface area contributed by atoms with Gasteiger partial charge in [0.1, 0.15) is 11.6 Å². The summed E-state index contributed by atoms with van der Waals surface area (Å²) in [6, 6.07) is 15.1. The highest BCUT2D eigenvalue weighted by Gasteiger charge is 2.44. The second kappa shape index (κ2) is 7.18. The molecule has 0 amide bonds. The molecule has 2 heterocycles. The van der Waals surface area contributed by atoms with Gasteiger partial charge in [0.05, 0.1) is 4.90 Å². The van der Waals surface area contributed by atoms with E-state index in [-0.39, 0.29) is 10.9 Å². The van der Waals surface area contributed by atoms with Gasteiger partial charge in [-0.25, -0.2) is 17.8 Å². The predicted octanol–water partition coefficient (Wildman–Crippen LogP) is 4.31. The molecule has 5 nitrogen and oxygen atoms in total. The van der Waals surface area contributed by atoms with Crippen LogP contribution in [0.1, 0.15) is 19.3 Å². The smallest absolute Gasteiger partial charge is 0.243 e. The van der Waals surface area contributed by atoms with Crippen molar-refractivity contribution in [3.8, 4) is 22.3 Å². The lowest BCUT2D eigenvalue weighted by molar-refractivity contribution is 0.333. The number of nitrogen functional groups attached to an aromatic ring is 1. The Bertz CT molecular complexity index is 1210. The van der Waals surface area contributed by atoms with Crippen molar-refractivity contribution in [2.45, 2.75) is 30.2 Å². The summed E-state index contributed by atoms with van der Waals surface area (Å²) in [6.07, 6.45) is 4.49. The zero-order valence-corrected chi connectivity index (χ0v) is 17.1. The number of nitrogens with zero attached hydrogens (tertiary/aromatic N) is 2. The first-order valence-corrected chi connectivity index (χ1v) is 11.5. The van der Waals surface area contributed by atoms with E-state index in [0.29, 0.717) is 40.5 Å². The van der Waals surface area contributed by atoms with E-state index in [1.165, 1.54) is 12.3 Å². The van der Waals surface area contributed by atoms with E-state index < -0.39 is 15.8 Å². The van der Waals surface area contributed by atoms with E-state index in [1.54, 1.807) is 52.8 Å². The summed E-state index contributed by atoms with van der Waals surface area (Å²) in [5.74, 6) is 0.388. The standard InChI is InChI=1S/C23H22FN3O2S/c24-21-12-16(6-9-19(21)17-7-10-23(25)26-13-17)20-3-1-2-4-22(20)30(28,29)27-14-15-5-8-18(27)11-15/h1-4,6-7,9-10,12-13,15,18H,5,8,11,14H2,(H2,25,26)/t15-,18+/m0/s1. The molecule has 2 bridgehead atoms. The number of benzene rings is 2. The largest absolute Gasteiger partial charge is 0.384 e. The Hall–Kier alpha value is -2.77. The van der Waals surface area contributed by atoms with Gasteiger partial charge in [-0.15, -0.1) is 0 Å². The first kappa shape index (κ1) is 19.2. The Balaban J connectivity index is 1.54. The Morgan fingerprint density at radius 2 is 1.80 bits per heavy atom. The zero-order valence-electron chi connectivity index (χ0n) is 16.3. The summed E-state index contributed by atoms with van der Waals surface area (Å²) in [5, 5.41) is 0. The maximum absolute atomic E-state index is 15.0. The van der Waals surface area contributed by atoms with E-state index >= 15 is 0 Å². The van der Waals surface area contributed by atoms with Crippen LogP contribution in [0.4, 0.5) is 10.2 Å². The molecule has 5 rings (SSSR count). The number of nitrogens with two attached hydrogens (primary N) is 1.